The number of methoxy groups -OCH3 is 1. The number of benzene rings is 2. The van der Waals surface area contributed by atoms with Crippen molar-refractivity contribution in [1.29, 1.82) is 0 Å². The largest absolute Gasteiger partial charge is 0.495 e. The van der Waals surface area contributed by atoms with Gasteiger partial charge in [-0.3, -0.25) is 9.69 Å². The van der Waals surface area contributed by atoms with Crippen LogP contribution in [0.1, 0.15) is 18.4 Å². The Morgan fingerprint density at radius 2 is 1.67 bits per heavy atom. The summed E-state index contributed by atoms with van der Waals surface area (Å²) in [7, 11) is 1.74. The maximum Gasteiger partial charge on any atom is 0.204 e. The van der Waals surface area contributed by atoms with Crippen LogP contribution in [0.3, 0.4) is 0 Å². The average Bonchev–Trinajstić information content (AvgIpc) is 2.80. The number of carbonyl (C=O) groups excluding carboxylic acids is 1. The van der Waals surface area contributed by atoms with E-state index < -0.39 is 0 Å². The van der Waals surface area contributed by atoms with Gasteiger partial charge < -0.3 is 25.8 Å². The van der Waals surface area contributed by atoms with E-state index in [1.54, 1.807) is 7.11 Å². The highest BCUT2D eigenvalue weighted by Crippen LogP contribution is 2.28. The number of para-hydroxylation sites is 2. The molecule has 0 saturated carbocycles. The van der Waals surface area contributed by atoms with Gasteiger partial charge in [-0.15, -0.1) is 0 Å². The molecule has 0 bridgehead atoms. The molecule has 0 atom stereocenters. The van der Waals surface area contributed by atoms with E-state index >= 15 is 0 Å². The number of piperazine rings is 1. The Morgan fingerprint density at radius 3 is 2.30 bits per heavy atom. The number of amides is 1. The van der Waals surface area contributed by atoms with Crippen LogP contribution in [0.2, 0.25) is 0 Å². The Labute approximate surface area is 179 Å². The minimum atomic E-state index is 0.250. The van der Waals surface area contributed by atoms with E-state index in [0.29, 0.717) is 6.54 Å². The molecule has 1 heterocycles. The predicted molar refractivity (Wildman–Crippen MR) is 121 cm³/mol. The molecule has 4 N–H and O–H groups in total. The number of hydrogen-bond acceptors (Lipinski definition) is 6. The van der Waals surface area contributed by atoms with Crippen molar-refractivity contribution < 1.29 is 14.3 Å². The van der Waals surface area contributed by atoms with Crippen LogP contribution >= 0.6 is 0 Å². The van der Waals surface area contributed by atoms with Crippen molar-refractivity contribution in [3.63, 3.8) is 0 Å². The highest BCUT2D eigenvalue weighted by atomic mass is 16.5. The van der Waals surface area contributed by atoms with Gasteiger partial charge in [0.1, 0.15) is 11.5 Å². The van der Waals surface area contributed by atoms with Crippen LogP contribution in [0.25, 0.3) is 0 Å². The summed E-state index contributed by atoms with van der Waals surface area (Å²) in [5, 5.41) is 0. The molecule has 164 valence electrons. The molecule has 2 aromatic carbocycles. The van der Waals surface area contributed by atoms with Crippen molar-refractivity contribution in [3.05, 3.63) is 54.1 Å². The van der Waals surface area contributed by atoms with E-state index in [2.05, 4.69) is 27.7 Å². The monoisotopic (exact) mass is 414 g/mol. The second-order valence-corrected chi connectivity index (χ2v) is 7.04. The van der Waals surface area contributed by atoms with Gasteiger partial charge in [0.15, 0.2) is 0 Å². The summed E-state index contributed by atoms with van der Waals surface area (Å²) in [6.45, 7) is 6.76. The molecule has 1 fully saturated rings. The van der Waals surface area contributed by atoms with E-state index in [4.69, 9.17) is 20.0 Å². The summed E-state index contributed by atoms with van der Waals surface area (Å²) in [6.07, 6.45) is 2.49. The Morgan fingerprint density at radius 1 is 1.00 bits per heavy atom. The first-order valence-corrected chi connectivity index (χ1v) is 10.4. The second-order valence-electron chi connectivity index (χ2n) is 7.04. The van der Waals surface area contributed by atoms with E-state index in [1.807, 2.05) is 36.4 Å². The number of carbonyl (C=O) groups is 1. The normalized spacial score (nSPS) is 13.9. The molecule has 3 rings (SSSR count). The standard InChI is InChI=1S/C22H31N3O2.CH3NO/c1-26-22-7-3-2-6-21(22)25-15-13-24(14-16-25)12-4-5-17-27-20-10-8-19(18-23)9-11-20;2-1-3/h2-3,6-11H,4-5,12-18,23H2,1H3;1H,(H2,2,3). The third kappa shape index (κ3) is 7.57. The summed E-state index contributed by atoms with van der Waals surface area (Å²) in [5.74, 6) is 1.89. The number of anilines is 1. The van der Waals surface area contributed by atoms with Crippen molar-refractivity contribution in [2.75, 3.05) is 51.3 Å². The lowest BCUT2D eigenvalue weighted by Crippen LogP contribution is -2.46. The number of nitrogens with two attached hydrogens (primary N) is 2. The zero-order valence-electron chi connectivity index (χ0n) is 17.8. The van der Waals surface area contributed by atoms with Gasteiger partial charge in [-0.1, -0.05) is 24.3 Å². The molecule has 1 aliphatic rings. The first-order valence-electron chi connectivity index (χ1n) is 10.4. The molecule has 0 spiro atoms. The van der Waals surface area contributed by atoms with Gasteiger partial charge >= 0.3 is 0 Å². The molecule has 1 aliphatic heterocycles. The van der Waals surface area contributed by atoms with Gasteiger partial charge in [-0.2, -0.15) is 0 Å². The maximum atomic E-state index is 8.58. The molecule has 2 aromatic rings. The van der Waals surface area contributed by atoms with Crippen LogP contribution in [0.15, 0.2) is 48.5 Å². The van der Waals surface area contributed by atoms with Gasteiger partial charge in [-0.05, 0) is 49.2 Å². The molecular weight excluding hydrogens is 380 g/mol. The highest BCUT2D eigenvalue weighted by molar-refractivity contribution is 5.58. The molecular formula is C23H34N4O3. The topological polar surface area (TPSA) is 94.1 Å². The quantitative estimate of drug-likeness (QED) is 0.483. The van der Waals surface area contributed by atoms with E-state index in [9.17, 15) is 0 Å². The molecule has 0 unspecified atom stereocenters. The number of rotatable bonds is 9. The van der Waals surface area contributed by atoms with Crippen LogP contribution < -0.4 is 25.8 Å². The minimum Gasteiger partial charge on any atom is -0.495 e. The molecule has 0 aliphatic carbocycles. The van der Waals surface area contributed by atoms with E-state index in [-0.39, 0.29) is 6.41 Å². The molecule has 7 heteroatoms. The number of hydrogen-bond donors (Lipinski definition) is 2. The molecule has 1 saturated heterocycles. The molecule has 30 heavy (non-hydrogen) atoms. The Balaban J connectivity index is 0.00000101. The van der Waals surface area contributed by atoms with Crippen molar-refractivity contribution >= 4 is 12.1 Å². The third-order valence-corrected chi connectivity index (χ3v) is 5.09. The van der Waals surface area contributed by atoms with Gasteiger partial charge in [0.05, 0.1) is 19.4 Å². The first kappa shape index (κ1) is 23.5. The minimum absolute atomic E-state index is 0.250. The molecule has 7 nitrogen and oxygen atoms in total. The summed E-state index contributed by atoms with van der Waals surface area (Å²) in [5.41, 5.74) is 12.1. The number of unbranched alkanes of at least 4 members (excludes halogenated alkanes) is 1. The first-order chi connectivity index (χ1) is 14.7. The maximum absolute atomic E-state index is 8.58. The van der Waals surface area contributed by atoms with Gasteiger partial charge in [0, 0.05) is 32.7 Å². The van der Waals surface area contributed by atoms with Gasteiger partial charge in [-0.25, -0.2) is 0 Å². The lowest BCUT2D eigenvalue weighted by Gasteiger charge is -2.36. The van der Waals surface area contributed by atoms with Crippen LogP contribution in [-0.2, 0) is 11.3 Å². The van der Waals surface area contributed by atoms with Crippen molar-refractivity contribution in [1.82, 2.24) is 4.90 Å². The SMILES string of the molecule is COc1ccccc1N1CCN(CCCCOc2ccc(CN)cc2)CC1.NC=O. The molecule has 0 aromatic heterocycles. The number of ether oxygens (including phenoxy) is 2. The van der Waals surface area contributed by atoms with Gasteiger partial charge in [0.25, 0.3) is 0 Å². The van der Waals surface area contributed by atoms with E-state index in [0.717, 1.165) is 69.2 Å². The fourth-order valence-electron chi connectivity index (χ4n) is 3.45. The van der Waals surface area contributed by atoms with Crippen LogP contribution in [0, 0.1) is 0 Å². The Kier molecular flexibility index (Phi) is 10.5. The van der Waals surface area contributed by atoms with Crippen LogP contribution in [0.4, 0.5) is 5.69 Å². The zero-order valence-corrected chi connectivity index (χ0v) is 17.8. The molecule has 1 amide bonds. The lowest BCUT2D eigenvalue weighted by atomic mass is 10.2. The van der Waals surface area contributed by atoms with Crippen LogP contribution in [-0.4, -0.2) is 57.8 Å². The predicted octanol–water partition coefficient (Wildman–Crippen LogP) is 2.24. The summed E-state index contributed by atoms with van der Waals surface area (Å²) >= 11 is 0. The van der Waals surface area contributed by atoms with Crippen LogP contribution in [0.5, 0.6) is 11.5 Å². The lowest BCUT2D eigenvalue weighted by molar-refractivity contribution is -0.106. The van der Waals surface area contributed by atoms with E-state index in [1.165, 1.54) is 5.69 Å². The fraction of sp³-hybridized carbons (Fsp3) is 0.435. The fourth-order valence-corrected chi connectivity index (χ4v) is 3.45. The summed E-state index contributed by atoms with van der Waals surface area (Å²) in [6, 6.07) is 16.3. The van der Waals surface area contributed by atoms with Crippen molar-refractivity contribution in [3.8, 4) is 11.5 Å². The van der Waals surface area contributed by atoms with Gasteiger partial charge in [0.2, 0.25) is 6.41 Å². The summed E-state index contributed by atoms with van der Waals surface area (Å²) in [4.78, 5) is 13.5. The number of nitrogens with zero attached hydrogens (tertiary/aromatic N) is 2. The summed E-state index contributed by atoms with van der Waals surface area (Å²) < 4.78 is 11.3. The molecule has 0 radical (unpaired) electrons. The smallest absolute Gasteiger partial charge is 0.204 e. The Hall–Kier alpha value is -2.77. The van der Waals surface area contributed by atoms with Crippen molar-refractivity contribution in [2.45, 2.75) is 19.4 Å². The third-order valence-electron chi connectivity index (χ3n) is 5.09. The average molecular weight is 415 g/mol. The highest BCUT2D eigenvalue weighted by Gasteiger charge is 2.18. The number of primary amides is 1. The zero-order chi connectivity index (χ0) is 21.6. The van der Waals surface area contributed by atoms with Crippen molar-refractivity contribution in [2.24, 2.45) is 11.5 Å². The second kappa shape index (κ2) is 13.5. The Bertz CT molecular complexity index is 731.